The Morgan fingerprint density at radius 1 is 1.00 bits per heavy atom. The van der Waals surface area contributed by atoms with Gasteiger partial charge in [0.1, 0.15) is 11.5 Å². The molecule has 4 rings (SSSR count). The van der Waals surface area contributed by atoms with E-state index >= 15 is 0 Å². The molecule has 1 aromatic heterocycles. The molecule has 7 heteroatoms. The molecular formula is C27H33N4O3+. The van der Waals surface area contributed by atoms with Crippen molar-refractivity contribution in [1.29, 1.82) is 0 Å². The molecular weight excluding hydrogens is 428 g/mol. The van der Waals surface area contributed by atoms with Crippen LogP contribution >= 0.6 is 0 Å². The average Bonchev–Trinajstić information content (AvgIpc) is 3.09. The second-order valence-corrected chi connectivity index (χ2v) is 9.28. The van der Waals surface area contributed by atoms with E-state index in [1.165, 1.54) is 5.56 Å². The van der Waals surface area contributed by atoms with E-state index in [-0.39, 0.29) is 23.5 Å². The fourth-order valence-electron chi connectivity index (χ4n) is 4.54. The molecule has 0 spiro atoms. The number of aromatic nitrogens is 3. The highest BCUT2D eigenvalue weighted by Gasteiger charge is 2.30. The second kappa shape index (κ2) is 10.6. The normalized spacial score (nSPS) is 18.2. The summed E-state index contributed by atoms with van der Waals surface area (Å²) in [6, 6.07) is 15.5. The van der Waals surface area contributed by atoms with Gasteiger partial charge in [-0.15, -0.1) is 4.68 Å². The van der Waals surface area contributed by atoms with Gasteiger partial charge in [0.25, 0.3) is 6.33 Å². The van der Waals surface area contributed by atoms with E-state index in [0.717, 1.165) is 49.3 Å². The Hall–Kier alpha value is -3.48. The van der Waals surface area contributed by atoms with Crippen molar-refractivity contribution in [2.24, 2.45) is 18.9 Å². The fourth-order valence-corrected chi connectivity index (χ4v) is 4.54. The third-order valence-electron chi connectivity index (χ3n) is 6.60. The number of ketones is 1. The first-order chi connectivity index (χ1) is 16.4. The van der Waals surface area contributed by atoms with E-state index < -0.39 is 0 Å². The zero-order chi connectivity index (χ0) is 24.1. The van der Waals surface area contributed by atoms with Crippen LogP contribution in [0.2, 0.25) is 0 Å². The Kier molecular flexibility index (Phi) is 7.40. The van der Waals surface area contributed by atoms with E-state index in [1.807, 2.05) is 80.4 Å². The standard InChI is InChI=1S/C27H33N4O3/c1-20-7-13-24(14-8-20)34-25-15-11-23(12-16-25)30(3)27(33)22-6-4-5-21(9-10-22)26(32)17-31-19-29(2)18-28-31/h7-8,11-16,18-19,21-22H,4-6,9-10,17H2,1-3H3/q+1. The maximum atomic E-state index is 13.2. The minimum Gasteiger partial charge on any atom is -0.457 e. The van der Waals surface area contributed by atoms with Gasteiger partial charge in [-0.2, -0.15) is 0 Å². The Bertz CT molecular complexity index is 1120. The largest absolute Gasteiger partial charge is 0.457 e. The third-order valence-corrected chi connectivity index (χ3v) is 6.60. The van der Waals surface area contributed by atoms with Crippen molar-refractivity contribution in [1.82, 2.24) is 9.78 Å². The number of amides is 1. The molecule has 178 valence electrons. The predicted octanol–water partition coefficient (Wildman–Crippen LogP) is 4.24. The monoisotopic (exact) mass is 461 g/mol. The summed E-state index contributed by atoms with van der Waals surface area (Å²) >= 11 is 0. The van der Waals surface area contributed by atoms with Gasteiger partial charge in [0.15, 0.2) is 12.3 Å². The van der Waals surface area contributed by atoms with Crippen LogP contribution in [0.3, 0.4) is 0 Å². The number of aryl methyl sites for hydroxylation is 2. The summed E-state index contributed by atoms with van der Waals surface area (Å²) in [5.74, 6) is 1.76. The number of carbonyl (C=O) groups is 2. The van der Waals surface area contributed by atoms with E-state index in [9.17, 15) is 9.59 Å². The molecule has 0 aliphatic heterocycles. The molecule has 1 saturated carbocycles. The minimum absolute atomic E-state index is 0.00387. The van der Waals surface area contributed by atoms with Gasteiger partial charge < -0.3 is 9.64 Å². The van der Waals surface area contributed by atoms with Gasteiger partial charge in [0.05, 0.1) is 7.05 Å². The molecule has 2 unspecified atom stereocenters. The second-order valence-electron chi connectivity index (χ2n) is 9.28. The first-order valence-electron chi connectivity index (χ1n) is 11.9. The number of Topliss-reactive ketones (excluding diaryl/α,β-unsaturated/α-hetero) is 1. The average molecular weight is 462 g/mol. The first kappa shape index (κ1) is 23.7. The molecule has 7 nitrogen and oxygen atoms in total. The smallest absolute Gasteiger partial charge is 0.264 e. The molecule has 0 radical (unpaired) electrons. The van der Waals surface area contributed by atoms with Gasteiger partial charge in [0.2, 0.25) is 12.2 Å². The van der Waals surface area contributed by atoms with E-state index in [1.54, 1.807) is 15.9 Å². The summed E-state index contributed by atoms with van der Waals surface area (Å²) in [7, 11) is 3.71. The van der Waals surface area contributed by atoms with Crippen molar-refractivity contribution in [3.05, 3.63) is 66.7 Å². The summed E-state index contributed by atoms with van der Waals surface area (Å²) in [5, 5.41) is 4.20. The highest BCUT2D eigenvalue weighted by atomic mass is 16.5. The third kappa shape index (κ3) is 5.90. The van der Waals surface area contributed by atoms with Crippen LogP contribution in [0.25, 0.3) is 0 Å². The summed E-state index contributed by atoms with van der Waals surface area (Å²) in [4.78, 5) is 27.7. The Labute approximate surface area is 201 Å². The Morgan fingerprint density at radius 3 is 2.26 bits per heavy atom. The topological polar surface area (TPSA) is 68.3 Å². The van der Waals surface area contributed by atoms with Crippen LogP contribution in [0.5, 0.6) is 11.5 Å². The molecule has 1 amide bonds. The van der Waals surface area contributed by atoms with E-state index in [4.69, 9.17) is 4.74 Å². The SMILES string of the molecule is Cc1ccc(Oc2ccc(N(C)C(=O)C3CCCC(C(=O)Cn4c[n+](C)cn4)CC3)cc2)cc1. The zero-order valence-electron chi connectivity index (χ0n) is 20.2. The van der Waals surface area contributed by atoms with Crippen LogP contribution in [0.4, 0.5) is 5.69 Å². The number of ether oxygens (including phenoxy) is 1. The van der Waals surface area contributed by atoms with Crippen LogP contribution in [-0.2, 0) is 23.2 Å². The molecule has 34 heavy (non-hydrogen) atoms. The molecule has 0 saturated heterocycles. The van der Waals surface area contributed by atoms with Gasteiger partial charge in [0, 0.05) is 29.7 Å². The number of anilines is 1. The van der Waals surface area contributed by atoms with Crippen molar-refractivity contribution >= 4 is 17.4 Å². The number of hydrogen-bond donors (Lipinski definition) is 0. The van der Waals surface area contributed by atoms with Crippen molar-refractivity contribution in [3.8, 4) is 11.5 Å². The zero-order valence-corrected chi connectivity index (χ0v) is 20.2. The first-order valence-corrected chi connectivity index (χ1v) is 11.9. The van der Waals surface area contributed by atoms with E-state index in [0.29, 0.717) is 6.54 Å². The quantitative estimate of drug-likeness (QED) is 0.390. The summed E-state index contributed by atoms with van der Waals surface area (Å²) in [6.45, 7) is 2.33. The molecule has 1 aliphatic rings. The number of nitrogens with zero attached hydrogens (tertiary/aromatic N) is 4. The number of carbonyl (C=O) groups excluding carboxylic acids is 2. The van der Waals surface area contributed by atoms with Crippen LogP contribution in [0.15, 0.2) is 61.2 Å². The Morgan fingerprint density at radius 2 is 1.62 bits per heavy atom. The lowest BCUT2D eigenvalue weighted by atomic mass is 9.94. The number of hydrogen-bond acceptors (Lipinski definition) is 4. The van der Waals surface area contributed by atoms with E-state index in [2.05, 4.69) is 5.10 Å². The molecule has 1 fully saturated rings. The minimum atomic E-state index is -0.0613. The lowest BCUT2D eigenvalue weighted by molar-refractivity contribution is -0.672. The van der Waals surface area contributed by atoms with Crippen molar-refractivity contribution in [2.75, 3.05) is 11.9 Å². The van der Waals surface area contributed by atoms with Crippen LogP contribution < -0.4 is 14.2 Å². The summed E-state index contributed by atoms with van der Waals surface area (Å²) in [5.41, 5.74) is 2.02. The predicted molar refractivity (Wildman–Crippen MR) is 130 cm³/mol. The van der Waals surface area contributed by atoms with Gasteiger partial charge in [-0.1, -0.05) is 24.1 Å². The highest BCUT2D eigenvalue weighted by Crippen LogP contribution is 2.31. The molecule has 0 bridgehead atoms. The molecule has 1 heterocycles. The van der Waals surface area contributed by atoms with Crippen LogP contribution in [0, 0.1) is 18.8 Å². The Balaban J connectivity index is 1.32. The number of benzene rings is 2. The highest BCUT2D eigenvalue weighted by molar-refractivity contribution is 5.94. The summed E-state index contributed by atoms with van der Waals surface area (Å²) in [6.07, 6.45) is 7.53. The molecule has 2 aromatic carbocycles. The molecule has 3 aromatic rings. The maximum Gasteiger partial charge on any atom is 0.264 e. The van der Waals surface area contributed by atoms with Crippen molar-refractivity contribution in [3.63, 3.8) is 0 Å². The molecule has 1 aliphatic carbocycles. The maximum absolute atomic E-state index is 13.2. The van der Waals surface area contributed by atoms with Crippen LogP contribution in [0.1, 0.15) is 37.7 Å². The van der Waals surface area contributed by atoms with Gasteiger partial charge in [-0.25, -0.2) is 4.57 Å². The van der Waals surface area contributed by atoms with Crippen molar-refractivity contribution < 1.29 is 18.9 Å². The lowest BCUT2D eigenvalue weighted by Gasteiger charge is -2.23. The fraction of sp³-hybridized carbons (Fsp3) is 0.407. The van der Waals surface area contributed by atoms with Gasteiger partial charge >= 0.3 is 0 Å². The molecule has 0 N–H and O–H groups in total. The van der Waals surface area contributed by atoms with Gasteiger partial charge in [-0.3, -0.25) is 9.59 Å². The van der Waals surface area contributed by atoms with Crippen LogP contribution in [-0.4, -0.2) is 28.5 Å². The lowest BCUT2D eigenvalue weighted by Crippen LogP contribution is -2.32. The van der Waals surface area contributed by atoms with Crippen molar-refractivity contribution in [2.45, 2.75) is 45.6 Å². The molecule has 2 atom stereocenters. The van der Waals surface area contributed by atoms with Gasteiger partial charge in [-0.05, 0) is 69.0 Å². The summed E-state index contributed by atoms with van der Waals surface area (Å²) < 4.78 is 9.40. The number of rotatable bonds is 7.